The van der Waals surface area contributed by atoms with Crippen LogP contribution in [0.25, 0.3) is 11.0 Å². The SMILES string of the molecule is O=[N+]([O-])c1cccc(CS(=O)(=O)c2nnc3cc(Cl)ccc3n2)c1. The molecule has 0 aliphatic rings. The number of non-ortho nitro benzene ring substituents is 1. The van der Waals surface area contributed by atoms with E-state index in [0.29, 0.717) is 16.1 Å². The summed E-state index contributed by atoms with van der Waals surface area (Å²) in [5.41, 5.74) is 0.794. The standard InChI is InChI=1S/C14H9ClN4O4S/c15-10-4-5-12-13(7-10)17-18-14(16-12)24(22,23)8-9-2-1-3-11(6-9)19(20)21/h1-7H,8H2. The molecule has 1 aromatic heterocycles. The Balaban J connectivity index is 1.97. The van der Waals surface area contributed by atoms with E-state index in [1.54, 1.807) is 12.1 Å². The molecule has 0 bridgehead atoms. The van der Waals surface area contributed by atoms with Crippen molar-refractivity contribution in [2.24, 2.45) is 0 Å². The molecule has 122 valence electrons. The summed E-state index contributed by atoms with van der Waals surface area (Å²) in [5.74, 6) is -0.463. The lowest BCUT2D eigenvalue weighted by atomic mass is 10.2. The number of nitro groups is 1. The fourth-order valence-electron chi connectivity index (χ4n) is 2.07. The Morgan fingerprint density at radius 1 is 1.08 bits per heavy atom. The van der Waals surface area contributed by atoms with Crippen LogP contribution in [0.15, 0.2) is 47.6 Å². The third-order valence-corrected chi connectivity index (χ3v) is 4.83. The Labute approximate surface area is 141 Å². The Bertz CT molecular complexity index is 1060. The maximum absolute atomic E-state index is 12.4. The van der Waals surface area contributed by atoms with Gasteiger partial charge in [-0.1, -0.05) is 23.7 Å². The molecule has 0 spiro atoms. The van der Waals surface area contributed by atoms with Crippen molar-refractivity contribution in [1.29, 1.82) is 0 Å². The van der Waals surface area contributed by atoms with Crippen LogP contribution in [0.2, 0.25) is 5.02 Å². The molecule has 0 amide bonds. The van der Waals surface area contributed by atoms with Crippen LogP contribution in [0.4, 0.5) is 5.69 Å². The molecule has 0 fully saturated rings. The smallest absolute Gasteiger partial charge is 0.258 e. The van der Waals surface area contributed by atoms with Crippen LogP contribution in [-0.4, -0.2) is 28.5 Å². The van der Waals surface area contributed by atoms with Crippen LogP contribution in [0, 0.1) is 10.1 Å². The van der Waals surface area contributed by atoms with Gasteiger partial charge in [-0.25, -0.2) is 13.4 Å². The third kappa shape index (κ3) is 3.31. The number of nitrogens with zero attached hydrogens (tertiary/aromatic N) is 4. The number of halogens is 1. The zero-order valence-corrected chi connectivity index (χ0v) is 13.5. The average Bonchev–Trinajstić information content (AvgIpc) is 2.54. The van der Waals surface area contributed by atoms with Crippen LogP contribution in [-0.2, 0) is 15.6 Å². The van der Waals surface area contributed by atoms with Crippen LogP contribution < -0.4 is 0 Å². The van der Waals surface area contributed by atoms with Crippen molar-refractivity contribution in [1.82, 2.24) is 15.2 Å². The first kappa shape index (κ1) is 16.2. The van der Waals surface area contributed by atoms with Gasteiger partial charge in [-0.3, -0.25) is 10.1 Å². The predicted molar refractivity (Wildman–Crippen MR) is 86.3 cm³/mol. The number of hydrogen-bond donors (Lipinski definition) is 0. The van der Waals surface area contributed by atoms with Gasteiger partial charge in [0, 0.05) is 17.2 Å². The lowest BCUT2D eigenvalue weighted by Crippen LogP contribution is -2.11. The molecule has 0 aliphatic heterocycles. The van der Waals surface area contributed by atoms with E-state index < -0.39 is 25.7 Å². The van der Waals surface area contributed by atoms with Crippen molar-refractivity contribution in [2.45, 2.75) is 10.9 Å². The number of nitro benzene ring substituents is 1. The number of sulfone groups is 1. The Kier molecular flexibility index (Phi) is 4.12. The number of benzene rings is 2. The quantitative estimate of drug-likeness (QED) is 0.515. The minimum absolute atomic E-state index is 0.185. The second kappa shape index (κ2) is 6.10. The Morgan fingerprint density at radius 3 is 2.62 bits per heavy atom. The molecular weight excluding hydrogens is 356 g/mol. The summed E-state index contributed by atoms with van der Waals surface area (Å²) in [6.45, 7) is 0. The van der Waals surface area contributed by atoms with Gasteiger partial charge >= 0.3 is 0 Å². The fraction of sp³-hybridized carbons (Fsp3) is 0.0714. The first-order valence-electron chi connectivity index (χ1n) is 6.61. The van der Waals surface area contributed by atoms with E-state index in [1.165, 1.54) is 30.3 Å². The summed E-state index contributed by atoms with van der Waals surface area (Å²) in [4.78, 5) is 14.2. The normalized spacial score (nSPS) is 11.5. The maximum Gasteiger partial charge on any atom is 0.269 e. The highest BCUT2D eigenvalue weighted by atomic mass is 35.5. The maximum atomic E-state index is 12.4. The lowest BCUT2D eigenvalue weighted by molar-refractivity contribution is -0.384. The zero-order valence-electron chi connectivity index (χ0n) is 12.0. The molecule has 1 heterocycles. The van der Waals surface area contributed by atoms with Gasteiger partial charge in [0.25, 0.3) is 10.8 Å². The van der Waals surface area contributed by atoms with Gasteiger partial charge in [0.1, 0.15) is 5.52 Å². The van der Waals surface area contributed by atoms with E-state index in [9.17, 15) is 18.5 Å². The van der Waals surface area contributed by atoms with Crippen molar-refractivity contribution in [3.63, 3.8) is 0 Å². The van der Waals surface area contributed by atoms with Gasteiger partial charge in [-0.05, 0) is 23.8 Å². The van der Waals surface area contributed by atoms with E-state index in [0.717, 1.165) is 0 Å². The molecule has 0 unspecified atom stereocenters. The average molecular weight is 365 g/mol. The molecule has 0 N–H and O–H groups in total. The molecule has 3 aromatic rings. The molecular formula is C14H9ClN4O4S. The van der Waals surface area contributed by atoms with Crippen LogP contribution in [0.5, 0.6) is 0 Å². The van der Waals surface area contributed by atoms with E-state index in [-0.39, 0.29) is 11.3 Å². The zero-order chi connectivity index (χ0) is 17.3. The van der Waals surface area contributed by atoms with E-state index in [2.05, 4.69) is 15.2 Å². The summed E-state index contributed by atoms with van der Waals surface area (Å²) in [6.07, 6.45) is 0. The van der Waals surface area contributed by atoms with Gasteiger partial charge in [0.2, 0.25) is 9.84 Å². The van der Waals surface area contributed by atoms with Crippen LogP contribution in [0.1, 0.15) is 5.56 Å². The second-order valence-corrected chi connectivity index (χ2v) is 7.23. The van der Waals surface area contributed by atoms with Gasteiger partial charge in [-0.15, -0.1) is 10.2 Å². The number of hydrogen-bond acceptors (Lipinski definition) is 7. The van der Waals surface area contributed by atoms with E-state index in [1.807, 2.05) is 0 Å². The highest BCUT2D eigenvalue weighted by Gasteiger charge is 2.21. The van der Waals surface area contributed by atoms with Crippen molar-refractivity contribution >= 4 is 38.2 Å². The Morgan fingerprint density at radius 2 is 1.88 bits per heavy atom. The van der Waals surface area contributed by atoms with Crippen molar-refractivity contribution in [3.8, 4) is 0 Å². The summed E-state index contributed by atoms with van der Waals surface area (Å²) in [5, 5.41) is 18.2. The Hall–Kier alpha value is -2.65. The molecule has 0 saturated heterocycles. The predicted octanol–water partition coefficient (Wildman–Crippen LogP) is 2.56. The molecule has 0 saturated carbocycles. The molecule has 2 aromatic carbocycles. The molecule has 24 heavy (non-hydrogen) atoms. The van der Waals surface area contributed by atoms with Crippen LogP contribution >= 0.6 is 11.6 Å². The summed E-state index contributed by atoms with van der Waals surface area (Å²) in [7, 11) is -3.90. The van der Waals surface area contributed by atoms with Crippen LogP contribution in [0.3, 0.4) is 0 Å². The first-order valence-corrected chi connectivity index (χ1v) is 8.64. The van der Waals surface area contributed by atoms with Gasteiger partial charge in [-0.2, -0.15) is 0 Å². The topological polar surface area (TPSA) is 116 Å². The first-order chi connectivity index (χ1) is 11.3. The number of aromatic nitrogens is 3. The third-order valence-electron chi connectivity index (χ3n) is 3.15. The second-order valence-electron chi connectivity index (χ2n) is 4.91. The van der Waals surface area contributed by atoms with Gasteiger partial charge in [0.15, 0.2) is 0 Å². The minimum atomic E-state index is -3.90. The van der Waals surface area contributed by atoms with Crippen molar-refractivity contribution in [2.75, 3.05) is 0 Å². The highest BCUT2D eigenvalue weighted by Crippen LogP contribution is 2.20. The van der Waals surface area contributed by atoms with E-state index >= 15 is 0 Å². The molecule has 0 atom stereocenters. The monoisotopic (exact) mass is 364 g/mol. The molecule has 8 nitrogen and oxygen atoms in total. The highest BCUT2D eigenvalue weighted by molar-refractivity contribution is 7.90. The van der Waals surface area contributed by atoms with Gasteiger partial charge in [0.05, 0.1) is 16.2 Å². The largest absolute Gasteiger partial charge is 0.269 e. The molecule has 0 aliphatic carbocycles. The fourth-order valence-corrected chi connectivity index (χ4v) is 3.39. The number of fused-ring (bicyclic) bond motifs is 1. The molecule has 0 radical (unpaired) electrons. The molecule has 3 rings (SSSR count). The minimum Gasteiger partial charge on any atom is -0.258 e. The van der Waals surface area contributed by atoms with Gasteiger partial charge < -0.3 is 0 Å². The van der Waals surface area contributed by atoms with Crippen molar-refractivity contribution in [3.05, 3.63) is 63.2 Å². The summed E-state index contributed by atoms with van der Waals surface area (Å²) < 4.78 is 24.9. The lowest BCUT2D eigenvalue weighted by Gasteiger charge is -2.04. The van der Waals surface area contributed by atoms with E-state index in [4.69, 9.17) is 11.6 Å². The summed E-state index contributed by atoms with van der Waals surface area (Å²) in [6, 6.07) is 10.0. The van der Waals surface area contributed by atoms with Crippen molar-refractivity contribution < 1.29 is 13.3 Å². The number of rotatable bonds is 4. The molecule has 10 heteroatoms. The summed E-state index contributed by atoms with van der Waals surface area (Å²) >= 11 is 5.83.